The molecule has 0 saturated carbocycles. The molecule has 0 aliphatic carbocycles. The second-order valence-corrected chi connectivity index (χ2v) is 8.34. The van der Waals surface area contributed by atoms with Gasteiger partial charge in [0.1, 0.15) is 5.82 Å². The molecule has 2 aliphatic rings. The number of sulfone groups is 1. The summed E-state index contributed by atoms with van der Waals surface area (Å²) >= 11 is 0. The summed E-state index contributed by atoms with van der Waals surface area (Å²) in [7, 11) is -2.94. The topological polar surface area (TPSA) is 99.7 Å². The van der Waals surface area contributed by atoms with Gasteiger partial charge < -0.3 is 15.1 Å². The van der Waals surface area contributed by atoms with Crippen LogP contribution in [0, 0.1) is 0 Å². The number of anilines is 1. The Kier molecular flexibility index (Phi) is 4.70. The van der Waals surface area contributed by atoms with Crippen molar-refractivity contribution >= 4 is 28.0 Å². The minimum atomic E-state index is -2.94. The molecule has 1 atom stereocenters. The molecule has 24 heavy (non-hydrogen) atoms. The van der Waals surface area contributed by atoms with E-state index in [-0.39, 0.29) is 23.5 Å². The molecule has 0 radical (unpaired) electrons. The molecular weight excluding hydrogens is 332 g/mol. The first-order valence-electron chi connectivity index (χ1n) is 7.88. The van der Waals surface area contributed by atoms with E-state index in [4.69, 9.17) is 0 Å². The Morgan fingerprint density at radius 2 is 2.00 bits per heavy atom. The van der Waals surface area contributed by atoms with Crippen LogP contribution in [0.25, 0.3) is 0 Å². The third-order valence-electron chi connectivity index (χ3n) is 4.35. The second kappa shape index (κ2) is 6.76. The van der Waals surface area contributed by atoms with Gasteiger partial charge in [0.15, 0.2) is 9.84 Å². The van der Waals surface area contributed by atoms with Crippen LogP contribution in [0.2, 0.25) is 0 Å². The van der Waals surface area contributed by atoms with Crippen molar-refractivity contribution in [3.63, 3.8) is 0 Å². The summed E-state index contributed by atoms with van der Waals surface area (Å²) in [5.41, 5.74) is 0.485. The Labute approximate surface area is 140 Å². The summed E-state index contributed by atoms with van der Waals surface area (Å²) in [5, 5.41) is 3.09. The molecule has 130 valence electrons. The lowest BCUT2D eigenvalue weighted by atomic mass is 10.2. The SMILES string of the molecule is O=CN1CCN(C(=O)c2ccc(NC3CCS(=O)(=O)C3)nc2)CC1. The fourth-order valence-electron chi connectivity index (χ4n) is 2.94. The van der Waals surface area contributed by atoms with Crippen molar-refractivity contribution in [2.24, 2.45) is 0 Å². The number of nitrogens with zero attached hydrogens (tertiary/aromatic N) is 3. The molecule has 0 spiro atoms. The maximum atomic E-state index is 12.4. The first-order valence-corrected chi connectivity index (χ1v) is 9.70. The average Bonchev–Trinajstić information content (AvgIpc) is 2.93. The van der Waals surface area contributed by atoms with Crippen LogP contribution >= 0.6 is 0 Å². The average molecular weight is 352 g/mol. The fourth-order valence-corrected chi connectivity index (χ4v) is 4.61. The number of hydrogen-bond acceptors (Lipinski definition) is 6. The molecule has 8 nitrogen and oxygen atoms in total. The molecule has 1 aromatic heterocycles. The van der Waals surface area contributed by atoms with Gasteiger partial charge in [-0.1, -0.05) is 0 Å². The van der Waals surface area contributed by atoms with E-state index in [1.54, 1.807) is 21.9 Å². The summed E-state index contributed by atoms with van der Waals surface area (Å²) in [6.45, 7) is 2.10. The van der Waals surface area contributed by atoms with Gasteiger partial charge in [-0.25, -0.2) is 13.4 Å². The van der Waals surface area contributed by atoms with Gasteiger partial charge in [-0.15, -0.1) is 0 Å². The first-order chi connectivity index (χ1) is 11.5. The molecule has 1 unspecified atom stereocenters. The van der Waals surface area contributed by atoms with Crippen LogP contribution in [0.3, 0.4) is 0 Å². The van der Waals surface area contributed by atoms with Crippen molar-refractivity contribution in [3.8, 4) is 0 Å². The highest BCUT2D eigenvalue weighted by molar-refractivity contribution is 7.91. The van der Waals surface area contributed by atoms with E-state index in [1.165, 1.54) is 6.20 Å². The number of nitrogens with one attached hydrogen (secondary N) is 1. The molecule has 2 saturated heterocycles. The highest BCUT2D eigenvalue weighted by Gasteiger charge is 2.28. The second-order valence-electron chi connectivity index (χ2n) is 6.11. The number of carbonyl (C=O) groups is 2. The quantitative estimate of drug-likeness (QED) is 0.740. The molecule has 1 N–H and O–H groups in total. The lowest BCUT2D eigenvalue weighted by molar-refractivity contribution is -0.119. The number of piperazine rings is 1. The molecule has 2 aliphatic heterocycles. The molecule has 3 heterocycles. The molecule has 0 aromatic carbocycles. The van der Waals surface area contributed by atoms with E-state index in [2.05, 4.69) is 10.3 Å². The van der Waals surface area contributed by atoms with Crippen LogP contribution in [-0.2, 0) is 14.6 Å². The fraction of sp³-hybridized carbons (Fsp3) is 0.533. The lowest BCUT2D eigenvalue weighted by Gasteiger charge is -2.32. The number of rotatable bonds is 4. The normalized spacial score (nSPS) is 23.1. The van der Waals surface area contributed by atoms with E-state index >= 15 is 0 Å². The highest BCUT2D eigenvalue weighted by atomic mass is 32.2. The predicted molar refractivity (Wildman–Crippen MR) is 88.5 cm³/mol. The van der Waals surface area contributed by atoms with E-state index in [0.29, 0.717) is 44.0 Å². The highest BCUT2D eigenvalue weighted by Crippen LogP contribution is 2.17. The van der Waals surface area contributed by atoms with Gasteiger partial charge in [0.05, 0.1) is 17.1 Å². The summed E-state index contributed by atoms with van der Waals surface area (Å²) in [5.74, 6) is 0.784. The van der Waals surface area contributed by atoms with Crippen LogP contribution in [0.15, 0.2) is 18.3 Å². The van der Waals surface area contributed by atoms with Crippen molar-refractivity contribution in [1.29, 1.82) is 0 Å². The van der Waals surface area contributed by atoms with Gasteiger partial charge in [-0.3, -0.25) is 9.59 Å². The number of pyridine rings is 1. The van der Waals surface area contributed by atoms with E-state index < -0.39 is 9.84 Å². The molecule has 9 heteroatoms. The van der Waals surface area contributed by atoms with Gasteiger partial charge in [-0.2, -0.15) is 0 Å². The number of aromatic nitrogens is 1. The van der Waals surface area contributed by atoms with Crippen molar-refractivity contribution in [2.75, 3.05) is 43.0 Å². The Morgan fingerprint density at radius 3 is 2.54 bits per heavy atom. The van der Waals surface area contributed by atoms with Crippen molar-refractivity contribution in [1.82, 2.24) is 14.8 Å². The summed E-state index contributed by atoms with van der Waals surface area (Å²) in [4.78, 5) is 30.7. The molecule has 1 aromatic rings. The summed E-state index contributed by atoms with van der Waals surface area (Å²) in [6, 6.07) is 3.26. The van der Waals surface area contributed by atoms with Crippen LogP contribution in [-0.4, -0.2) is 79.2 Å². The van der Waals surface area contributed by atoms with E-state index in [0.717, 1.165) is 6.41 Å². The Balaban J connectivity index is 1.58. The van der Waals surface area contributed by atoms with Crippen LogP contribution in [0.1, 0.15) is 16.8 Å². The predicted octanol–water partition coefficient (Wildman–Crippen LogP) is -0.405. The van der Waals surface area contributed by atoms with Gasteiger partial charge in [0, 0.05) is 38.4 Å². The number of carbonyl (C=O) groups excluding carboxylic acids is 2. The molecule has 3 rings (SSSR count). The van der Waals surface area contributed by atoms with Crippen LogP contribution in [0.4, 0.5) is 5.82 Å². The Hall–Kier alpha value is -2.16. The Morgan fingerprint density at radius 1 is 1.25 bits per heavy atom. The minimum absolute atomic E-state index is 0.108. The zero-order chi connectivity index (χ0) is 17.2. The monoisotopic (exact) mass is 352 g/mol. The lowest BCUT2D eigenvalue weighted by Crippen LogP contribution is -2.48. The zero-order valence-corrected chi connectivity index (χ0v) is 14.0. The van der Waals surface area contributed by atoms with Gasteiger partial charge in [0.2, 0.25) is 6.41 Å². The molecule has 2 fully saturated rings. The molecule has 0 bridgehead atoms. The zero-order valence-electron chi connectivity index (χ0n) is 13.2. The Bertz CT molecular complexity index is 711. The van der Waals surface area contributed by atoms with Gasteiger partial charge in [0.25, 0.3) is 5.91 Å². The van der Waals surface area contributed by atoms with Crippen LogP contribution < -0.4 is 5.32 Å². The first kappa shape index (κ1) is 16.7. The third kappa shape index (κ3) is 3.84. The van der Waals surface area contributed by atoms with Crippen molar-refractivity contribution < 1.29 is 18.0 Å². The third-order valence-corrected chi connectivity index (χ3v) is 6.11. The maximum absolute atomic E-state index is 12.4. The van der Waals surface area contributed by atoms with Crippen molar-refractivity contribution in [3.05, 3.63) is 23.9 Å². The van der Waals surface area contributed by atoms with Gasteiger partial charge >= 0.3 is 0 Å². The molecule has 2 amide bonds. The minimum Gasteiger partial charge on any atom is -0.366 e. The number of amides is 2. The van der Waals surface area contributed by atoms with E-state index in [9.17, 15) is 18.0 Å². The van der Waals surface area contributed by atoms with Gasteiger partial charge in [-0.05, 0) is 18.6 Å². The van der Waals surface area contributed by atoms with E-state index in [1.807, 2.05) is 0 Å². The largest absolute Gasteiger partial charge is 0.366 e. The summed E-state index contributed by atoms with van der Waals surface area (Å²) < 4.78 is 22.9. The molecular formula is C15H20N4O4S. The standard InChI is InChI=1S/C15H20N4O4S/c20-11-18-4-6-19(7-5-18)15(21)12-1-2-14(16-9-12)17-13-3-8-24(22,23)10-13/h1-2,9,11,13H,3-8,10H2,(H,16,17). The smallest absolute Gasteiger partial charge is 0.255 e. The maximum Gasteiger partial charge on any atom is 0.255 e. The summed E-state index contributed by atoms with van der Waals surface area (Å²) in [6.07, 6.45) is 2.87. The van der Waals surface area contributed by atoms with Crippen LogP contribution in [0.5, 0.6) is 0 Å². The number of hydrogen-bond donors (Lipinski definition) is 1. The van der Waals surface area contributed by atoms with Crippen molar-refractivity contribution in [2.45, 2.75) is 12.5 Å².